The Morgan fingerprint density at radius 1 is 1.40 bits per heavy atom. The summed E-state index contributed by atoms with van der Waals surface area (Å²) in [6.45, 7) is 2.45. The van der Waals surface area contributed by atoms with Crippen molar-refractivity contribution in [3.05, 3.63) is 23.8 Å². The summed E-state index contributed by atoms with van der Waals surface area (Å²) in [6, 6.07) is 4.74. The van der Waals surface area contributed by atoms with Gasteiger partial charge >= 0.3 is 0 Å². The van der Waals surface area contributed by atoms with E-state index in [2.05, 4.69) is 0 Å². The third kappa shape index (κ3) is 1.88. The zero-order valence-electron chi connectivity index (χ0n) is 11.0. The molecule has 0 bridgehead atoms. The summed E-state index contributed by atoms with van der Waals surface area (Å²) < 4.78 is 10.5. The number of carbonyl (C=O) groups is 2. The largest absolute Gasteiger partial charge is 0.550 e. The molecule has 1 amide bonds. The summed E-state index contributed by atoms with van der Waals surface area (Å²) >= 11 is 0. The van der Waals surface area contributed by atoms with Crippen LogP contribution in [0.1, 0.15) is 24.9 Å². The molecule has 0 radical (unpaired) electrons. The van der Waals surface area contributed by atoms with Crippen molar-refractivity contribution in [3.63, 3.8) is 0 Å². The number of hydrogen-bond donors (Lipinski definition) is 0. The number of aliphatic carboxylic acids is 1. The number of benzene rings is 1. The lowest BCUT2D eigenvalue weighted by molar-refractivity contribution is -0.312. The zero-order valence-corrected chi connectivity index (χ0v) is 11.0. The molecule has 3 rings (SSSR count). The topological polar surface area (TPSA) is 78.9 Å². The maximum absolute atomic E-state index is 11.9. The van der Waals surface area contributed by atoms with Crippen LogP contribution in [-0.4, -0.2) is 30.1 Å². The van der Waals surface area contributed by atoms with Gasteiger partial charge in [-0.2, -0.15) is 0 Å². The number of nitrogens with zero attached hydrogens (tertiary/aromatic N) is 1. The SMILES string of the molecule is CCN1C(=O)C[C@H](C(=O)[O-])[C@H]1c1ccc2c(c1)OCO2. The van der Waals surface area contributed by atoms with Crippen LogP contribution >= 0.6 is 0 Å². The summed E-state index contributed by atoms with van der Waals surface area (Å²) in [5, 5.41) is 11.3. The summed E-state index contributed by atoms with van der Waals surface area (Å²) in [5.41, 5.74) is 0.733. The predicted molar refractivity (Wildman–Crippen MR) is 65.8 cm³/mol. The minimum atomic E-state index is -1.20. The summed E-state index contributed by atoms with van der Waals surface area (Å²) in [4.78, 5) is 24.8. The van der Waals surface area contributed by atoms with Gasteiger partial charge in [-0.25, -0.2) is 0 Å². The number of carboxylic acid groups (broad SMARTS) is 1. The monoisotopic (exact) mass is 276 g/mol. The summed E-state index contributed by atoms with van der Waals surface area (Å²) in [5.74, 6) is -0.981. The van der Waals surface area contributed by atoms with Gasteiger partial charge in [0.25, 0.3) is 0 Å². The van der Waals surface area contributed by atoms with Gasteiger partial charge in [0, 0.05) is 24.9 Å². The average Bonchev–Trinajstić information content (AvgIpc) is 3.01. The van der Waals surface area contributed by atoms with E-state index in [0.717, 1.165) is 5.56 Å². The van der Waals surface area contributed by atoms with Gasteiger partial charge in [-0.3, -0.25) is 4.79 Å². The fourth-order valence-corrected chi connectivity index (χ4v) is 2.88. The maximum Gasteiger partial charge on any atom is 0.231 e. The van der Waals surface area contributed by atoms with Crippen LogP contribution in [0.5, 0.6) is 11.5 Å². The van der Waals surface area contributed by atoms with Crippen LogP contribution in [0.2, 0.25) is 0 Å². The molecule has 6 heteroatoms. The Bertz CT molecular complexity index is 571. The molecule has 2 aliphatic rings. The Morgan fingerprint density at radius 3 is 2.85 bits per heavy atom. The molecule has 0 aromatic heterocycles. The van der Waals surface area contributed by atoms with Crippen molar-refractivity contribution in [2.45, 2.75) is 19.4 Å². The highest BCUT2D eigenvalue weighted by atomic mass is 16.7. The van der Waals surface area contributed by atoms with Gasteiger partial charge in [0.15, 0.2) is 11.5 Å². The first-order valence-electron chi connectivity index (χ1n) is 6.51. The molecule has 1 aromatic rings. The number of likely N-dealkylation sites (tertiary alicyclic amines) is 1. The van der Waals surface area contributed by atoms with Gasteiger partial charge in [-0.05, 0) is 24.6 Å². The number of carboxylic acids is 1. The van der Waals surface area contributed by atoms with E-state index in [4.69, 9.17) is 9.47 Å². The summed E-state index contributed by atoms with van der Waals surface area (Å²) in [6.07, 6.45) is -0.0186. The van der Waals surface area contributed by atoms with Crippen LogP contribution in [0.4, 0.5) is 0 Å². The molecule has 1 aromatic carbocycles. The fourth-order valence-electron chi connectivity index (χ4n) is 2.88. The standard InChI is InChI=1S/C14H15NO5/c1-2-15-12(16)6-9(14(17)18)13(15)8-3-4-10-11(5-8)20-7-19-10/h3-5,9,13H,2,6-7H2,1H3,(H,17,18)/p-1/t9-,13+/m0/s1. The van der Waals surface area contributed by atoms with Gasteiger partial charge in [-0.1, -0.05) is 6.07 Å². The Kier molecular flexibility index (Phi) is 3.00. The number of rotatable bonds is 3. The van der Waals surface area contributed by atoms with Crippen molar-refractivity contribution < 1.29 is 24.2 Å². The quantitative estimate of drug-likeness (QED) is 0.781. The molecule has 6 nitrogen and oxygen atoms in total. The van der Waals surface area contributed by atoms with Crippen molar-refractivity contribution in [1.82, 2.24) is 4.90 Å². The predicted octanol–water partition coefficient (Wildman–Crippen LogP) is 0.0747. The summed E-state index contributed by atoms with van der Waals surface area (Å²) in [7, 11) is 0. The van der Waals surface area contributed by atoms with Crippen molar-refractivity contribution in [2.24, 2.45) is 5.92 Å². The number of ether oxygens (including phenoxy) is 2. The molecule has 20 heavy (non-hydrogen) atoms. The van der Waals surface area contributed by atoms with Crippen LogP contribution in [-0.2, 0) is 9.59 Å². The number of fused-ring (bicyclic) bond motifs is 1. The van der Waals surface area contributed by atoms with Gasteiger partial charge in [0.1, 0.15) is 0 Å². The normalized spacial score (nSPS) is 24.2. The number of hydrogen-bond acceptors (Lipinski definition) is 5. The van der Waals surface area contributed by atoms with Crippen LogP contribution < -0.4 is 14.6 Å². The highest BCUT2D eigenvalue weighted by molar-refractivity contribution is 5.86. The molecular weight excluding hydrogens is 262 g/mol. The first-order valence-corrected chi connectivity index (χ1v) is 6.51. The third-order valence-electron chi connectivity index (χ3n) is 3.81. The van der Waals surface area contributed by atoms with E-state index in [-0.39, 0.29) is 19.1 Å². The molecular formula is C14H14NO5-. The van der Waals surface area contributed by atoms with E-state index < -0.39 is 17.9 Å². The number of amides is 1. The van der Waals surface area contributed by atoms with Gasteiger partial charge in [0.2, 0.25) is 12.7 Å². The Morgan fingerprint density at radius 2 is 2.15 bits per heavy atom. The minimum absolute atomic E-state index is 0.0186. The van der Waals surface area contributed by atoms with Crippen molar-refractivity contribution in [2.75, 3.05) is 13.3 Å². The lowest BCUT2D eigenvalue weighted by Gasteiger charge is -2.28. The van der Waals surface area contributed by atoms with E-state index in [1.165, 1.54) is 0 Å². The molecule has 2 heterocycles. The zero-order chi connectivity index (χ0) is 14.3. The van der Waals surface area contributed by atoms with Gasteiger partial charge in [0.05, 0.1) is 6.04 Å². The van der Waals surface area contributed by atoms with Crippen molar-refractivity contribution in [1.29, 1.82) is 0 Å². The van der Waals surface area contributed by atoms with E-state index in [1.54, 1.807) is 23.1 Å². The second-order valence-corrected chi connectivity index (χ2v) is 4.87. The molecule has 106 valence electrons. The fraction of sp³-hybridized carbons (Fsp3) is 0.429. The van der Waals surface area contributed by atoms with E-state index in [0.29, 0.717) is 18.0 Å². The molecule has 0 aliphatic carbocycles. The Balaban J connectivity index is 2.00. The number of carbonyl (C=O) groups excluding carboxylic acids is 2. The molecule has 0 spiro atoms. The molecule has 2 atom stereocenters. The Hall–Kier alpha value is -2.24. The van der Waals surface area contributed by atoms with E-state index in [1.807, 2.05) is 6.92 Å². The van der Waals surface area contributed by atoms with Crippen LogP contribution in [0, 0.1) is 5.92 Å². The smallest absolute Gasteiger partial charge is 0.231 e. The highest BCUT2D eigenvalue weighted by Crippen LogP contribution is 2.41. The van der Waals surface area contributed by atoms with Crippen LogP contribution in [0.3, 0.4) is 0 Å². The van der Waals surface area contributed by atoms with Gasteiger partial charge < -0.3 is 24.3 Å². The molecule has 1 saturated heterocycles. The molecule has 0 unspecified atom stereocenters. The molecule has 0 saturated carbocycles. The van der Waals surface area contributed by atoms with E-state index >= 15 is 0 Å². The highest BCUT2D eigenvalue weighted by Gasteiger charge is 2.40. The Labute approximate surface area is 115 Å². The van der Waals surface area contributed by atoms with Crippen molar-refractivity contribution >= 4 is 11.9 Å². The minimum Gasteiger partial charge on any atom is -0.550 e. The molecule has 2 aliphatic heterocycles. The van der Waals surface area contributed by atoms with Crippen molar-refractivity contribution in [3.8, 4) is 11.5 Å². The van der Waals surface area contributed by atoms with Crippen LogP contribution in [0.15, 0.2) is 18.2 Å². The lowest BCUT2D eigenvalue weighted by Crippen LogP contribution is -2.36. The van der Waals surface area contributed by atoms with Crippen LogP contribution in [0.25, 0.3) is 0 Å². The second-order valence-electron chi connectivity index (χ2n) is 4.87. The lowest BCUT2D eigenvalue weighted by atomic mass is 9.93. The maximum atomic E-state index is 11.9. The molecule has 0 N–H and O–H groups in total. The van der Waals surface area contributed by atoms with E-state index in [9.17, 15) is 14.7 Å². The average molecular weight is 276 g/mol. The van der Waals surface area contributed by atoms with Gasteiger partial charge in [-0.15, -0.1) is 0 Å². The first-order chi connectivity index (χ1) is 9.61. The first kappa shape index (κ1) is 12.8. The second kappa shape index (κ2) is 4.70. The molecule has 1 fully saturated rings. The third-order valence-corrected chi connectivity index (χ3v) is 3.81.